The van der Waals surface area contributed by atoms with E-state index in [2.05, 4.69) is 0 Å². The minimum atomic E-state index is -0.549. The highest BCUT2D eigenvalue weighted by atomic mass is 16.5. The quantitative estimate of drug-likeness (QED) is 0.653. The number of hydrogen-bond acceptors (Lipinski definition) is 5. The van der Waals surface area contributed by atoms with Gasteiger partial charge in [-0.05, 0) is 19.1 Å². The predicted molar refractivity (Wildman–Crippen MR) is 55.9 cm³/mol. The molecule has 0 unspecified atom stereocenters. The number of aromatic hydroxyl groups is 1. The van der Waals surface area contributed by atoms with Crippen molar-refractivity contribution in [1.82, 2.24) is 0 Å². The zero-order valence-electron chi connectivity index (χ0n) is 8.93. The summed E-state index contributed by atoms with van der Waals surface area (Å²) in [5.41, 5.74) is 0.581. The van der Waals surface area contributed by atoms with Crippen LogP contribution in [0.25, 0.3) is 0 Å². The van der Waals surface area contributed by atoms with Crippen LogP contribution in [0.4, 0.5) is 0 Å². The maximum absolute atomic E-state index is 11.4. The monoisotopic (exact) mass is 226 g/mol. The number of rotatable bonds is 4. The van der Waals surface area contributed by atoms with Gasteiger partial charge in [0.25, 0.3) is 0 Å². The first-order valence-corrected chi connectivity index (χ1v) is 4.87. The van der Waals surface area contributed by atoms with E-state index in [1.807, 2.05) is 0 Å². The number of aliphatic hydroxyl groups excluding tert-OH is 2. The number of hydrogen-bond donors (Lipinski definition) is 3. The molecule has 0 saturated heterocycles. The van der Waals surface area contributed by atoms with Gasteiger partial charge in [-0.1, -0.05) is 0 Å². The van der Waals surface area contributed by atoms with Gasteiger partial charge in [0.15, 0.2) is 0 Å². The van der Waals surface area contributed by atoms with Gasteiger partial charge in [-0.2, -0.15) is 0 Å². The fourth-order valence-electron chi connectivity index (χ4n) is 1.33. The molecule has 3 N–H and O–H groups in total. The third-order valence-corrected chi connectivity index (χ3v) is 2.12. The Labute approximate surface area is 92.9 Å². The van der Waals surface area contributed by atoms with E-state index >= 15 is 0 Å². The number of carbonyl (C=O) groups excluding carboxylic acids is 1. The molecule has 0 atom stereocenters. The van der Waals surface area contributed by atoms with E-state index in [9.17, 15) is 9.90 Å². The molecule has 1 aromatic carbocycles. The van der Waals surface area contributed by atoms with E-state index in [0.29, 0.717) is 0 Å². The average Bonchev–Trinajstić information content (AvgIpc) is 2.29. The molecular formula is C11H14O5. The predicted octanol–water partition coefficient (Wildman–Crippen LogP) is 0.553. The molecule has 0 spiro atoms. The first-order chi connectivity index (χ1) is 7.63. The molecule has 0 radical (unpaired) electrons. The van der Waals surface area contributed by atoms with Crippen LogP contribution in [0.2, 0.25) is 0 Å². The molecule has 0 amide bonds. The van der Waals surface area contributed by atoms with Gasteiger partial charge in [-0.25, -0.2) is 4.79 Å². The van der Waals surface area contributed by atoms with Gasteiger partial charge in [0.2, 0.25) is 0 Å². The molecule has 0 bridgehead atoms. The summed E-state index contributed by atoms with van der Waals surface area (Å²) in [5.74, 6) is -0.745. The molecule has 0 fully saturated rings. The first kappa shape index (κ1) is 12.5. The van der Waals surface area contributed by atoms with E-state index in [1.54, 1.807) is 6.92 Å². The smallest absolute Gasteiger partial charge is 0.338 e. The van der Waals surface area contributed by atoms with Crippen LogP contribution < -0.4 is 0 Å². The van der Waals surface area contributed by atoms with Gasteiger partial charge in [0.05, 0.1) is 25.4 Å². The SMILES string of the molecule is CCOC(=O)c1cc(CO)c(O)c(CO)c1. The molecule has 1 aromatic rings. The zero-order chi connectivity index (χ0) is 12.1. The minimum Gasteiger partial charge on any atom is -0.507 e. The van der Waals surface area contributed by atoms with Crippen molar-refractivity contribution in [2.24, 2.45) is 0 Å². The minimum absolute atomic E-state index is 0.189. The molecule has 0 heterocycles. The number of aliphatic hydroxyl groups is 2. The van der Waals surface area contributed by atoms with Crippen molar-refractivity contribution in [3.63, 3.8) is 0 Å². The van der Waals surface area contributed by atoms with Crippen LogP contribution in [0.15, 0.2) is 12.1 Å². The second kappa shape index (κ2) is 5.48. The lowest BCUT2D eigenvalue weighted by Crippen LogP contribution is -2.06. The molecule has 0 aliphatic rings. The van der Waals surface area contributed by atoms with Crippen molar-refractivity contribution in [2.75, 3.05) is 6.61 Å². The Morgan fingerprint density at radius 1 is 1.25 bits per heavy atom. The molecule has 0 saturated carbocycles. The Bertz CT molecular complexity index is 361. The highest BCUT2D eigenvalue weighted by molar-refractivity contribution is 5.90. The summed E-state index contributed by atoms with van der Waals surface area (Å²) in [6.45, 7) is 1.10. The van der Waals surface area contributed by atoms with Crippen molar-refractivity contribution in [2.45, 2.75) is 20.1 Å². The fourth-order valence-corrected chi connectivity index (χ4v) is 1.33. The van der Waals surface area contributed by atoms with Crippen molar-refractivity contribution in [3.8, 4) is 5.75 Å². The molecule has 1 rings (SSSR count). The largest absolute Gasteiger partial charge is 0.507 e. The van der Waals surface area contributed by atoms with Crippen LogP contribution in [0.5, 0.6) is 5.75 Å². The maximum atomic E-state index is 11.4. The number of carbonyl (C=O) groups is 1. The van der Waals surface area contributed by atoms with E-state index in [1.165, 1.54) is 12.1 Å². The normalized spacial score (nSPS) is 10.2. The lowest BCUT2D eigenvalue weighted by atomic mass is 10.0. The van der Waals surface area contributed by atoms with Crippen LogP contribution in [0.3, 0.4) is 0 Å². The summed E-state index contributed by atoms with van der Waals surface area (Å²) in [6.07, 6.45) is 0. The number of ether oxygens (including phenoxy) is 1. The van der Waals surface area contributed by atoms with Crippen molar-refractivity contribution in [1.29, 1.82) is 0 Å². The van der Waals surface area contributed by atoms with E-state index in [-0.39, 0.29) is 29.0 Å². The van der Waals surface area contributed by atoms with Gasteiger partial charge < -0.3 is 20.1 Å². The molecule has 16 heavy (non-hydrogen) atoms. The average molecular weight is 226 g/mol. The number of benzene rings is 1. The second-order valence-electron chi connectivity index (χ2n) is 3.18. The Kier molecular flexibility index (Phi) is 4.28. The molecular weight excluding hydrogens is 212 g/mol. The van der Waals surface area contributed by atoms with Crippen LogP contribution >= 0.6 is 0 Å². The molecule has 5 heteroatoms. The Morgan fingerprint density at radius 2 is 1.75 bits per heavy atom. The van der Waals surface area contributed by atoms with Crippen LogP contribution in [0.1, 0.15) is 28.4 Å². The molecule has 0 aliphatic carbocycles. The summed E-state index contributed by atoms with van der Waals surface area (Å²) in [6, 6.07) is 2.68. The van der Waals surface area contributed by atoms with E-state index in [4.69, 9.17) is 14.9 Å². The highest BCUT2D eigenvalue weighted by Crippen LogP contribution is 2.25. The van der Waals surface area contributed by atoms with E-state index < -0.39 is 19.2 Å². The van der Waals surface area contributed by atoms with Gasteiger partial charge >= 0.3 is 5.97 Å². The lowest BCUT2D eigenvalue weighted by Gasteiger charge is -2.09. The lowest BCUT2D eigenvalue weighted by molar-refractivity contribution is 0.0526. The van der Waals surface area contributed by atoms with Crippen molar-refractivity contribution in [3.05, 3.63) is 28.8 Å². The maximum Gasteiger partial charge on any atom is 0.338 e. The third-order valence-electron chi connectivity index (χ3n) is 2.12. The summed E-state index contributed by atoms with van der Waals surface area (Å²) in [5, 5.41) is 27.5. The highest BCUT2D eigenvalue weighted by Gasteiger charge is 2.14. The summed E-state index contributed by atoms with van der Waals surface area (Å²) in [7, 11) is 0. The van der Waals surface area contributed by atoms with Crippen molar-refractivity contribution < 1.29 is 24.9 Å². The fraction of sp³-hybridized carbons (Fsp3) is 0.364. The van der Waals surface area contributed by atoms with Gasteiger partial charge in [-0.3, -0.25) is 0 Å². The number of phenols is 1. The summed E-state index contributed by atoms with van der Waals surface area (Å²) in [4.78, 5) is 11.4. The standard InChI is InChI=1S/C11H14O5/c1-2-16-11(15)7-3-8(5-12)10(14)9(4-7)6-13/h3-4,12-14H,2,5-6H2,1H3. The third kappa shape index (κ3) is 2.50. The molecule has 88 valence electrons. The van der Waals surface area contributed by atoms with Gasteiger partial charge in [0.1, 0.15) is 5.75 Å². The summed E-state index contributed by atoms with van der Waals surface area (Å²) >= 11 is 0. The Hall–Kier alpha value is -1.59. The Balaban J connectivity index is 3.16. The number of esters is 1. The molecule has 0 aromatic heterocycles. The van der Waals surface area contributed by atoms with Crippen molar-refractivity contribution >= 4 is 5.97 Å². The van der Waals surface area contributed by atoms with E-state index in [0.717, 1.165) is 0 Å². The first-order valence-electron chi connectivity index (χ1n) is 4.87. The van der Waals surface area contributed by atoms with Crippen LogP contribution in [-0.2, 0) is 18.0 Å². The zero-order valence-corrected chi connectivity index (χ0v) is 8.93. The second-order valence-corrected chi connectivity index (χ2v) is 3.18. The van der Waals surface area contributed by atoms with Gasteiger partial charge in [0, 0.05) is 11.1 Å². The van der Waals surface area contributed by atoms with Crippen LogP contribution in [-0.4, -0.2) is 27.9 Å². The van der Waals surface area contributed by atoms with Crippen LogP contribution in [0, 0.1) is 0 Å². The Morgan fingerprint density at radius 3 is 2.12 bits per heavy atom. The van der Waals surface area contributed by atoms with Gasteiger partial charge in [-0.15, -0.1) is 0 Å². The summed E-state index contributed by atoms with van der Waals surface area (Å²) < 4.78 is 4.78. The topological polar surface area (TPSA) is 87.0 Å². The molecule has 5 nitrogen and oxygen atoms in total. The molecule has 0 aliphatic heterocycles.